The first-order valence-corrected chi connectivity index (χ1v) is 6.06. The number of methoxy groups -OCH3 is 1. The van der Waals surface area contributed by atoms with Gasteiger partial charge in [0, 0.05) is 13.1 Å². The van der Waals surface area contributed by atoms with Crippen LogP contribution in [0.25, 0.3) is 0 Å². The zero-order valence-corrected chi connectivity index (χ0v) is 10.4. The summed E-state index contributed by atoms with van der Waals surface area (Å²) < 4.78 is 4.81. The fourth-order valence-electron chi connectivity index (χ4n) is 2.38. The van der Waals surface area contributed by atoms with Gasteiger partial charge in [-0.25, -0.2) is 0 Å². The predicted octanol–water partition coefficient (Wildman–Crippen LogP) is 1.86. The number of carbonyl (C=O) groups is 1. The van der Waals surface area contributed by atoms with Gasteiger partial charge in [-0.05, 0) is 24.8 Å². The molecule has 0 radical (unpaired) electrons. The highest BCUT2D eigenvalue weighted by molar-refractivity contribution is 5.72. The van der Waals surface area contributed by atoms with Crippen molar-refractivity contribution in [2.24, 2.45) is 5.92 Å². The minimum absolute atomic E-state index is 0.0138. The smallest absolute Gasteiger partial charge is 0.309 e. The van der Waals surface area contributed by atoms with E-state index in [2.05, 4.69) is 36.5 Å². The summed E-state index contributed by atoms with van der Waals surface area (Å²) in [5.74, 6) is 0.294. The number of piperidine rings is 1. The second-order valence-electron chi connectivity index (χ2n) is 4.72. The third kappa shape index (κ3) is 2.86. The highest BCUT2D eigenvalue weighted by Crippen LogP contribution is 2.27. The van der Waals surface area contributed by atoms with Gasteiger partial charge >= 0.3 is 5.97 Å². The van der Waals surface area contributed by atoms with Gasteiger partial charge in [-0.15, -0.1) is 0 Å². The van der Waals surface area contributed by atoms with Crippen LogP contribution in [0.5, 0.6) is 0 Å². The molecule has 2 atom stereocenters. The molecule has 0 aliphatic carbocycles. The zero-order valence-electron chi connectivity index (χ0n) is 10.4. The molecule has 1 saturated heterocycles. The Morgan fingerprint density at radius 2 is 2.00 bits per heavy atom. The second-order valence-corrected chi connectivity index (χ2v) is 4.72. The van der Waals surface area contributed by atoms with E-state index < -0.39 is 0 Å². The molecule has 0 spiro atoms. The first kappa shape index (κ1) is 12.1. The van der Waals surface area contributed by atoms with Crippen LogP contribution in [-0.2, 0) is 9.53 Å². The molecule has 3 nitrogen and oxygen atoms in total. The van der Waals surface area contributed by atoms with Gasteiger partial charge in [0.2, 0.25) is 0 Å². The lowest BCUT2D eigenvalue weighted by Gasteiger charge is -2.28. The van der Waals surface area contributed by atoms with Gasteiger partial charge in [0.05, 0.1) is 13.0 Å². The average molecular weight is 233 g/mol. The fourth-order valence-corrected chi connectivity index (χ4v) is 2.38. The number of hydrogen-bond donors (Lipinski definition) is 1. The van der Waals surface area contributed by atoms with E-state index in [-0.39, 0.29) is 11.9 Å². The van der Waals surface area contributed by atoms with Crippen LogP contribution in [0.1, 0.15) is 23.5 Å². The van der Waals surface area contributed by atoms with E-state index in [4.69, 9.17) is 4.74 Å². The number of benzene rings is 1. The van der Waals surface area contributed by atoms with Gasteiger partial charge in [0.1, 0.15) is 0 Å². The van der Waals surface area contributed by atoms with Crippen LogP contribution in [0.3, 0.4) is 0 Å². The zero-order chi connectivity index (χ0) is 12.3. The molecule has 1 aromatic carbocycles. The minimum Gasteiger partial charge on any atom is -0.469 e. The number of carbonyl (C=O) groups excluding carboxylic acids is 1. The fraction of sp³-hybridized carbons (Fsp3) is 0.500. The Kier molecular flexibility index (Phi) is 3.79. The van der Waals surface area contributed by atoms with Crippen molar-refractivity contribution in [3.8, 4) is 0 Å². The molecule has 1 heterocycles. The summed E-state index contributed by atoms with van der Waals surface area (Å²) in [6, 6.07) is 8.55. The Bertz CT molecular complexity index is 386. The van der Waals surface area contributed by atoms with Crippen molar-refractivity contribution in [3.63, 3.8) is 0 Å². The lowest BCUT2D eigenvalue weighted by molar-refractivity contribution is -0.146. The molecule has 1 fully saturated rings. The van der Waals surface area contributed by atoms with Crippen molar-refractivity contribution in [1.29, 1.82) is 0 Å². The van der Waals surface area contributed by atoms with Crippen LogP contribution in [-0.4, -0.2) is 26.2 Å². The number of hydrogen-bond acceptors (Lipinski definition) is 3. The van der Waals surface area contributed by atoms with Gasteiger partial charge < -0.3 is 10.1 Å². The molecule has 0 aromatic heterocycles. The highest BCUT2D eigenvalue weighted by Gasteiger charge is 2.28. The summed E-state index contributed by atoms with van der Waals surface area (Å²) in [7, 11) is 1.46. The SMILES string of the molecule is COC(=O)[C@@H]1CNC[C@@H](c2ccc(C)cc2)C1. The normalized spacial score (nSPS) is 24.4. The van der Waals surface area contributed by atoms with Crippen LogP contribution in [0, 0.1) is 12.8 Å². The third-order valence-corrected chi connectivity index (χ3v) is 3.43. The van der Waals surface area contributed by atoms with E-state index in [9.17, 15) is 4.79 Å². The van der Waals surface area contributed by atoms with Crippen molar-refractivity contribution in [2.75, 3.05) is 20.2 Å². The molecule has 0 amide bonds. The molecule has 0 bridgehead atoms. The number of ether oxygens (including phenoxy) is 1. The van der Waals surface area contributed by atoms with Crippen LogP contribution in [0.2, 0.25) is 0 Å². The molecule has 3 heteroatoms. The standard InChI is InChI=1S/C14H19NO2/c1-10-3-5-11(6-4-10)12-7-13(9-15-8-12)14(16)17-2/h3-6,12-13,15H,7-9H2,1-2H3/t12-,13-/m0/s1. The number of nitrogens with one attached hydrogen (secondary N) is 1. The first-order chi connectivity index (χ1) is 8.20. The molecule has 92 valence electrons. The molecule has 1 aromatic rings. The van der Waals surface area contributed by atoms with Gasteiger partial charge in [-0.1, -0.05) is 29.8 Å². The summed E-state index contributed by atoms with van der Waals surface area (Å²) >= 11 is 0. The Balaban J connectivity index is 2.06. The molecule has 1 aliphatic rings. The van der Waals surface area contributed by atoms with Crippen LogP contribution in [0.4, 0.5) is 0 Å². The maximum Gasteiger partial charge on any atom is 0.309 e. The van der Waals surface area contributed by atoms with Crippen molar-refractivity contribution < 1.29 is 9.53 Å². The Morgan fingerprint density at radius 1 is 1.29 bits per heavy atom. The monoisotopic (exact) mass is 233 g/mol. The lowest BCUT2D eigenvalue weighted by Crippen LogP contribution is -2.39. The molecular formula is C14H19NO2. The van der Waals surface area contributed by atoms with Crippen LogP contribution in [0.15, 0.2) is 24.3 Å². The molecule has 1 N–H and O–H groups in total. The maximum absolute atomic E-state index is 11.5. The molecule has 2 rings (SSSR count). The van der Waals surface area contributed by atoms with Gasteiger partial charge in [-0.2, -0.15) is 0 Å². The predicted molar refractivity (Wildman–Crippen MR) is 66.9 cm³/mol. The Labute approximate surface area is 102 Å². The second kappa shape index (κ2) is 5.32. The number of rotatable bonds is 2. The van der Waals surface area contributed by atoms with Gasteiger partial charge in [-0.3, -0.25) is 4.79 Å². The van der Waals surface area contributed by atoms with Crippen molar-refractivity contribution in [2.45, 2.75) is 19.3 Å². The molecule has 17 heavy (non-hydrogen) atoms. The Hall–Kier alpha value is -1.35. The highest BCUT2D eigenvalue weighted by atomic mass is 16.5. The van der Waals surface area contributed by atoms with E-state index in [0.29, 0.717) is 5.92 Å². The molecular weight excluding hydrogens is 214 g/mol. The van der Waals surface area contributed by atoms with E-state index in [1.54, 1.807) is 0 Å². The van der Waals surface area contributed by atoms with E-state index >= 15 is 0 Å². The molecule has 1 aliphatic heterocycles. The summed E-state index contributed by atoms with van der Waals surface area (Å²) in [6.45, 7) is 3.76. The van der Waals surface area contributed by atoms with E-state index in [1.807, 2.05) is 0 Å². The van der Waals surface area contributed by atoms with Crippen molar-refractivity contribution >= 4 is 5.97 Å². The van der Waals surface area contributed by atoms with Crippen molar-refractivity contribution in [1.82, 2.24) is 5.32 Å². The quantitative estimate of drug-likeness (QED) is 0.792. The van der Waals surface area contributed by atoms with Gasteiger partial charge in [0.15, 0.2) is 0 Å². The summed E-state index contributed by atoms with van der Waals surface area (Å²) in [6.07, 6.45) is 0.878. The van der Waals surface area contributed by atoms with Crippen LogP contribution < -0.4 is 5.32 Å². The maximum atomic E-state index is 11.5. The number of aryl methyl sites for hydroxylation is 1. The lowest BCUT2D eigenvalue weighted by atomic mass is 9.85. The third-order valence-electron chi connectivity index (χ3n) is 3.43. The first-order valence-electron chi connectivity index (χ1n) is 6.06. The summed E-state index contributed by atoms with van der Waals surface area (Å²) in [5.41, 5.74) is 2.57. The van der Waals surface area contributed by atoms with Crippen molar-refractivity contribution in [3.05, 3.63) is 35.4 Å². The summed E-state index contributed by atoms with van der Waals surface area (Å²) in [4.78, 5) is 11.5. The topological polar surface area (TPSA) is 38.3 Å². The average Bonchev–Trinajstić information content (AvgIpc) is 2.39. The summed E-state index contributed by atoms with van der Waals surface area (Å²) in [5, 5.41) is 3.31. The largest absolute Gasteiger partial charge is 0.469 e. The Morgan fingerprint density at radius 3 is 2.65 bits per heavy atom. The molecule has 0 saturated carbocycles. The molecule has 0 unspecified atom stereocenters. The number of esters is 1. The van der Waals surface area contributed by atoms with Crippen LogP contribution >= 0.6 is 0 Å². The van der Waals surface area contributed by atoms with E-state index in [1.165, 1.54) is 18.2 Å². The van der Waals surface area contributed by atoms with E-state index in [0.717, 1.165) is 19.5 Å². The van der Waals surface area contributed by atoms with Gasteiger partial charge in [0.25, 0.3) is 0 Å². The minimum atomic E-state index is -0.102.